The first-order chi connectivity index (χ1) is 18.1. The summed E-state index contributed by atoms with van der Waals surface area (Å²) in [5.74, 6) is 0.562. The lowest BCUT2D eigenvalue weighted by atomic mass is 9.90. The van der Waals surface area contributed by atoms with Gasteiger partial charge in [-0.1, -0.05) is 63.4 Å². The van der Waals surface area contributed by atoms with Crippen LogP contribution in [0.3, 0.4) is 0 Å². The molecule has 0 radical (unpaired) electrons. The fraction of sp³-hybridized carbons (Fsp3) is 0.581. The van der Waals surface area contributed by atoms with Gasteiger partial charge in [0.15, 0.2) is 0 Å². The van der Waals surface area contributed by atoms with Crippen LogP contribution in [0, 0.1) is 5.92 Å². The fourth-order valence-electron chi connectivity index (χ4n) is 5.24. The predicted molar refractivity (Wildman–Crippen MR) is 152 cm³/mol. The zero-order chi connectivity index (χ0) is 27.9. The number of likely N-dealkylation sites (tertiary alicyclic amines) is 1. The SMILES string of the molecule is CCCC(CC)CCC(=O)N1CCC(O)(Cn2cc(C(=O)N(C)C(C)C)c(-c3ccccc3)cc2=O)CC1. The van der Waals surface area contributed by atoms with Gasteiger partial charge in [0.05, 0.1) is 17.7 Å². The van der Waals surface area contributed by atoms with Gasteiger partial charge >= 0.3 is 0 Å². The lowest BCUT2D eigenvalue weighted by Gasteiger charge is -2.38. The third kappa shape index (κ3) is 7.34. The second-order valence-corrected chi connectivity index (χ2v) is 11.1. The Morgan fingerprint density at radius 2 is 1.74 bits per heavy atom. The average molecular weight is 524 g/mol. The summed E-state index contributed by atoms with van der Waals surface area (Å²) < 4.78 is 1.46. The van der Waals surface area contributed by atoms with Crippen molar-refractivity contribution in [2.24, 2.45) is 5.92 Å². The molecular weight excluding hydrogens is 478 g/mol. The average Bonchev–Trinajstić information content (AvgIpc) is 2.91. The van der Waals surface area contributed by atoms with Crippen molar-refractivity contribution in [3.8, 4) is 11.1 Å². The molecule has 1 aliphatic rings. The molecule has 1 unspecified atom stereocenters. The molecule has 2 amide bonds. The molecule has 1 aromatic heterocycles. The Morgan fingerprint density at radius 3 is 2.32 bits per heavy atom. The number of benzene rings is 1. The third-order valence-electron chi connectivity index (χ3n) is 8.09. The van der Waals surface area contributed by atoms with E-state index in [1.165, 1.54) is 10.6 Å². The van der Waals surface area contributed by atoms with Crippen LogP contribution in [0.1, 0.15) is 83.0 Å². The molecule has 0 aliphatic carbocycles. The summed E-state index contributed by atoms with van der Waals surface area (Å²) in [5.41, 5.74) is 0.437. The molecule has 1 saturated heterocycles. The molecule has 1 aliphatic heterocycles. The quantitative estimate of drug-likeness (QED) is 0.452. The first kappa shape index (κ1) is 29.6. The molecule has 7 heteroatoms. The summed E-state index contributed by atoms with van der Waals surface area (Å²) in [5, 5.41) is 11.4. The van der Waals surface area contributed by atoms with Crippen molar-refractivity contribution >= 4 is 11.8 Å². The van der Waals surface area contributed by atoms with E-state index in [0.29, 0.717) is 49.4 Å². The van der Waals surface area contributed by atoms with Crippen LogP contribution in [0.2, 0.25) is 0 Å². The van der Waals surface area contributed by atoms with Gasteiger partial charge in [0.2, 0.25) is 5.91 Å². The van der Waals surface area contributed by atoms with Crippen molar-refractivity contribution in [2.45, 2.75) is 90.8 Å². The molecule has 0 spiro atoms. The van der Waals surface area contributed by atoms with E-state index in [9.17, 15) is 19.5 Å². The molecule has 2 aromatic rings. The van der Waals surface area contributed by atoms with E-state index in [4.69, 9.17) is 0 Å². The lowest BCUT2D eigenvalue weighted by molar-refractivity contribution is -0.136. The molecule has 7 nitrogen and oxygen atoms in total. The van der Waals surface area contributed by atoms with Gasteiger partial charge in [0.1, 0.15) is 0 Å². The highest BCUT2D eigenvalue weighted by atomic mass is 16.3. The highest BCUT2D eigenvalue weighted by molar-refractivity contribution is 6.00. The molecule has 3 rings (SSSR count). The summed E-state index contributed by atoms with van der Waals surface area (Å²) in [6.07, 6.45) is 7.23. The Morgan fingerprint density at radius 1 is 1.08 bits per heavy atom. The smallest absolute Gasteiger partial charge is 0.255 e. The van der Waals surface area contributed by atoms with Crippen LogP contribution in [0.4, 0.5) is 0 Å². The third-order valence-corrected chi connectivity index (χ3v) is 8.09. The number of aliphatic hydroxyl groups is 1. The van der Waals surface area contributed by atoms with Gasteiger partial charge in [0.25, 0.3) is 11.5 Å². The molecule has 0 bridgehead atoms. The number of hydrogen-bond acceptors (Lipinski definition) is 4. The van der Waals surface area contributed by atoms with E-state index in [1.54, 1.807) is 18.1 Å². The first-order valence-electron chi connectivity index (χ1n) is 14.2. The summed E-state index contributed by atoms with van der Waals surface area (Å²) >= 11 is 0. The standard InChI is InChI=1S/C31H45N3O4/c1-6-11-24(7-2)14-15-28(35)33-18-16-31(38,17-19-33)22-34-21-27(30(37)32(5)23(3)4)26(20-29(34)36)25-12-9-8-10-13-25/h8-10,12-13,20-21,23-24,38H,6-7,11,14-19,22H2,1-5H3. The van der Waals surface area contributed by atoms with Crippen LogP contribution in [-0.4, -0.2) is 63.1 Å². The number of piperidine rings is 1. The van der Waals surface area contributed by atoms with E-state index in [0.717, 1.165) is 31.2 Å². The van der Waals surface area contributed by atoms with Gasteiger partial charge in [-0.3, -0.25) is 14.4 Å². The monoisotopic (exact) mass is 523 g/mol. The zero-order valence-electron chi connectivity index (χ0n) is 23.8. The van der Waals surface area contributed by atoms with Gasteiger partial charge in [-0.15, -0.1) is 0 Å². The van der Waals surface area contributed by atoms with Gasteiger partial charge < -0.3 is 19.5 Å². The Balaban J connectivity index is 1.77. The molecule has 38 heavy (non-hydrogen) atoms. The molecule has 208 valence electrons. The number of hydrogen-bond donors (Lipinski definition) is 1. The van der Waals surface area contributed by atoms with Crippen LogP contribution >= 0.6 is 0 Å². The van der Waals surface area contributed by atoms with E-state index in [1.807, 2.05) is 49.1 Å². The summed E-state index contributed by atoms with van der Waals surface area (Å²) in [6, 6.07) is 10.9. The Hall–Kier alpha value is -2.93. The van der Waals surface area contributed by atoms with E-state index in [2.05, 4.69) is 13.8 Å². The Bertz CT molecular complexity index is 1130. The van der Waals surface area contributed by atoms with Crippen LogP contribution in [0.5, 0.6) is 0 Å². The van der Waals surface area contributed by atoms with Crippen molar-refractivity contribution in [2.75, 3.05) is 20.1 Å². The van der Waals surface area contributed by atoms with Gasteiger partial charge in [-0.2, -0.15) is 0 Å². The predicted octanol–water partition coefficient (Wildman–Crippen LogP) is 4.96. The van der Waals surface area contributed by atoms with E-state index in [-0.39, 0.29) is 30.0 Å². The molecule has 2 heterocycles. The maximum atomic E-state index is 13.4. The largest absolute Gasteiger partial charge is 0.388 e. The van der Waals surface area contributed by atoms with Crippen LogP contribution in [-0.2, 0) is 11.3 Å². The van der Waals surface area contributed by atoms with Crippen LogP contribution < -0.4 is 5.56 Å². The molecule has 1 N–H and O–H groups in total. The summed E-state index contributed by atoms with van der Waals surface area (Å²) in [7, 11) is 1.75. The fourth-order valence-corrected chi connectivity index (χ4v) is 5.24. The maximum absolute atomic E-state index is 13.4. The second kappa shape index (κ2) is 13.2. The summed E-state index contributed by atoms with van der Waals surface area (Å²) in [6.45, 7) is 9.28. The van der Waals surface area contributed by atoms with Crippen molar-refractivity contribution < 1.29 is 14.7 Å². The van der Waals surface area contributed by atoms with Crippen molar-refractivity contribution in [1.29, 1.82) is 0 Å². The topological polar surface area (TPSA) is 82.8 Å². The van der Waals surface area contributed by atoms with Crippen molar-refractivity contribution in [3.63, 3.8) is 0 Å². The van der Waals surface area contributed by atoms with Gasteiger partial charge in [0, 0.05) is 50.4 Å². The highest BCUT2D eigenvalue weighted by Crippen LogP contribution is 2.28. The minimum atomic E-state index is -1.12. The first-order valence-corrected chi connectivity index (χ1v) is 14.2. The normalized spacial score (nSPS) is 15.9. The van der Waals surface area contributed by atoms with E-state index >= 15 is 0 Å². The number of carbonyl (C=O) groups excluding carboxylic acids is 2. The lowest BCUT2D eigenvalue weighted by Crippen LogP contribution is -2.49. The Labute approximate surface area is 227 Å². The van der Waals surface area contributed by atoms with Gasteiger partial charge in [-0.05, 0) is 44.6 Å². The zero-order valence-corrected chi connectivity index (χ0v) is 23.8. The van der Waals surface area contributed by atoms with Crippen molar-refractivity contribution in [3.05, 3.63) is 58.5 Å². The number of aromatic nitrogens is 1. The maximum Gasteiger partial charge on any atom is 0.255 e. The number of nitrogens with zero attached hydrogens (tertiary/aromatic N) is 3. The number of carbonyl (C=O) groups is 2. The van der Waals surface area contributed by atoms with Crippen LogP contribution in [0.25, 0.3) is 11.1 Å². The van der Waals surface area contributed by atoms with E-state index < -0.39 is 5.60 Å². The summed E-state index contributed by atoms with van der Waals surface area (Å²) in [4.78, 5) is 42.9. The second-order valence-electron chi connectivity index (χ2n) is 11.1. The molecular formula is C31H45N3O4. The molecule has 0 saturated carbocycles. The molecule has 1 fully saturated rings. The minimum absolute atomic E-state index is 0.00729. The number of amides is 2. The number of pyridine rings is 1. The van der Waals surface area contributed by atoms with Crippen LogP contribution in [0.15, 0.2) is 47.4 Å². The van der Waals surface area contributed by atoms with Crippen molar-refractivity contribution in [1.82, 2.24) is 14.4 Å². The van der Waals surface area contributed by atoms with Gasteiger partial charge in [-0.25, -0.2) is 0 Å². The molecule has 1 aromatic carbocycles. The Kier molecular flexibility index (Phi) is 10.3. The number of rotatable bonds is 11. The molecule has 1 atom stereocenters. The highest BCUT2D eigenvalue weighted by Gasteiger charge is 2.35. The minimum Gasteiger partial charge on any atom is -0.388 e.